The molecule has 2 aromatic rings. The summed E-state index contributed by atoms with van der Waals surface area (Å²) in [5.74, 6) is 0.694. The smallest absolute Gasteiger partial charge is 0.225 e. The highest BCUT2D eigenvalue weighted by Crippen LogP contribution is 2.06. The normalized spacial score (nSPS) is 10.7. The standard InChI is InChI=1S/C6H5ClN4/c1-4-9-5-2-3-8-6(7)11(5)10-4/h2-3H,1H3. The quantitative estimate of drug-likeness (QED) is 0.553. The first-order chi connectivity index (χ1) is 5.27. The summed E-state index contributed by atoms with van der Waals surface area (Å²) >= 11 is 5.72. The van der Waals surface area contributed by atoms with E-state index in [1.807, 2.05) is 6.92 Å². The molecule has 0 radical (unpaired) electrons. The molecule has 0 bridgehead atoms. The van der Waals surface area contributed by atoms with Gasteiger partial charge in [0.15, 0.2) is 5.65 Å². The third kappa shape index (κ3) is 0.952. The van der Waals surface area contributed by atoms with E-state index in [4.69, 9.17) is 11.6 Å². The zero-order valence-electron chi connectivity index (χ0n) is 5.82. The Hall–Kier alpha value is -1.16. The lowest BCUT2D eigenvalue weighted by Crippen LogP contribution is -1.91. The molecule has 0 aromatic carbocycles. The lowest BCUT2D eigenvalue weighted by atomic mass is 10.6. The van der Waals surface area contributed by atoms with Crippen LogP contribution in [0.3, 0.4) is 0 Å². The van der Waals surface area contributed by atoms with Gasteiger partial charge in [0, 0.05) is 12.3 Å². The van der Waals surface area contributed by atoms with Gasteiger partial charge in [-0.05, 0) is 18.5 Å². The molecule has 0 fully saturated rings. The molecule has 0 aliphatic carbocycles. The van der Waals surface area contributed by atoms with E-state index in [0.717, 1.165) is 5.65 Å². The van der Waals surface area contributed by atoms with Crippen LogP contribution in [0.4, 0.5) is 0 Å². The highest BCUT2D eigenvalue weighted by atomic mass is 35.5. The topological polar surface area (TPSA) is 43.1 Å². The summed E-state index contributed by atoms with van der Waals surface area (Å²) in [6.45, 7) is 1.81. The molecule has 11 heavy (non-hydrogen) atoms. The van der Waals surface area contributed by atoms with Crippen LogP contribution >= 0.6 is 11.6 Å². The first-order valence-electron chi connectivity index (χ1n) is 3.11. The molecule has 2 aromatic heterocycles. The summed E-state index contributed by atoms with van der Waals surface area (Å²) in [6, 6.07) is 1.76. The fourth-order valence-corrected chi connectivity index (χ4v) is 1.08. The molecule has 0 aliphatic rings. The average molecular weight is 169 g/mol. The van der Waals surface area contributed by atoms with E-state index in [2.05, 4.69) is 15.1 Å². The van der Waals surface area contributed by atoms with Crippen molar-refractivity contribution in [1.82, 2.24) is 19.6 Å². The third-order valence-corrected chi connectivity index (χ3v) is 1.58. The molecule has 2 heterocycles. The van der Waals surface area contributed by atoms with Gasteiger partial charge in [0.25, 0.3) is 0 Å². The Morgan fingerprint density at radius 2 is 2.36 bits per heavy atom. The van der Waals surface area contributed by atoms with Crippen LogP contribution in [0.1, 0.15) is 5.82 Å². The first-order valence-corrected chi connectivity index (χ1v) is 3.49. The molecule has 0 N–H and O–H groups in total. The van der Waals surface area contributed by atoms with Crippen LogP contribution in [-0.2, 0) is 0 Å². The Morgan fingerprint density at radius 1 is 1.55 bits per heavy atom. The molecule has 0 atom stereocenters. The average Bonchev–Trinajstić information content (AvgIpc) is 2.31. The summed E-state index contributed by atoms with van der Waals surface area (Å²) in [6.07, 6.45) is 1.60. The van der Waals surface area contributed by atoms with Crippen molar-refractivity contribution in [2.45, 2.75) is 6.92 Å². The summed E-state index contributed by atoms with van der Waals surface area (Å²) < 4.78 is 1.50. The van der Waals surface area contributed by atoms with Crippen molar-refractivity contribution in [3.05, 3.63) is 23.4 Å². The molecule has 0 saturated carbocycles. The van der Waals surface area contributed by atoms with Gasteiger partial charge in [-0.25, -0.2) is 9.97 Å². The van der Waals surface area contributed by atoms with E-state index in [1.165, 1.54) is 4.52 Å². The number of fused-ring (bicyclic) bond motifs is 1. The second-order valence-electron chi connectivity index (χ2n) is 2.14. The summed E-state index contributed by atoms with van der Waals surface area (Å²) in [4.78, 5) is 7.95. The molecule has 0 saturated heterocycles. The lowest BCUT2D eigenvalue weighted by molar-refractivity contribution is 0.900. The monoisotopic (exact) mass is 168 g/mol. The highest BCUT2D eigenvalue weighted by Gasteiger charge is 2.01. The van der Waals surface area contributed by atoms with Crippen molar-refractivity contribution in [2.24, 2.45) is 0 Å². The second-order valence-corrected chi connectivity index (χ2v) is 2.48. The van der Waals surface area contributed by atoms with Gasteiger partial charge < -0.3 is 0 Å². The number of aryl methyl sites for hydroxylation is 1. The van der Waals surface area contributed by atoms with Gasteiger partial charge in [-0.1, -0.05) is 0 Å². The van der Waals surface area contributed by atoms with Crippen molar-refractivity contribution in [3.63, 3.8) is 0 Å². The maximum absolute atomic E-state index is 5.72. The van der Waals surface area contributed by atoms with Crippen LogP contribution in [0.2, 0.25) is 5.28 Å². The molecule has 2 rings (SSSR count). The maximum Gasteiger partial charge on any atom is 0.225 e. The molecule has 0 unspecified atom stereocenters. The fourth-order valence-electron chi connectivity index (χ4n) is 0.895. The van der Waals surface area contributed by atoms with Gasteiger partial charge in [-0.3, -0.25) is 0 Å². The predicted octanol–water partition coefficient (Wildman–Crippen LogP) is 1.09. The number of nitrogens with zero attached hydrogens (tertiary/aromatic N) is 4. The largest absolute Gasteiger partial charge is 0.226 e. The molecule has 56 valence electrons. The number of aromatic nitrogens is 4. The minimum Gasteiger partial charge on any atom is -0.226 e. The Morgan fingerprint density at radius 3 is 3.09 bits per heavy atom. The number of hydrogen-bond donors (Lipinski definition) is 0. The van der Waals surface area contributed by atoms with Crippen LogP contribution in [0.15, 0.2) is 12.3 Å². The molecule has 4 nitrogen and oxygen atoms in total. The third-order valence-electron chi connectivity index (χ3n) is 1.32. The summed E-state index contributed by atoms with van der Waals surface area (Å²) in [7, 11) is 0. The Labute approximate surface area is 67.8 Å². The van der Waals surface area contributed by atoms with Crippen LogP contribution < -0.4 is 0 Å². The predicted molar refractivity (Wildman–Crippen MR) is 40.5 cm³/mol. The minimum atomic E-state index is 0.336. The van der Waals surface area contributed by atoms with Gasteiger partial charge >= 0.3 is 0 Å². The molecule has 0 spiro atoms. The summed E-state index contributed by atoms with van der Waals surface area (Å²) in [5, 5.41) is 4.36. The van der Waals surface area contributed by atoms with Crippen molar-refractivity contribution >= 4 is 17.2 Å². The van der Waals surface area contributed by atoms with E-state index in [9.17, 15) is 0 Å². The van der Waals surface area contributed by atoms with Crippen molar-refractivity contribution in [3.8, 4) is 0 Å². The molecule has 5 heteroatoms. The van der Waals surface area contributed by atoms with Gasteiger partial charge in [0.2, 0.25) is 5.28 Å². The maximum atomic E-state index is 5.72. The van der Waals surface area contributed by atoms with E-state index in [1.54, 1.807) is 12.3 Å². The second kappa shape index (κ2) is 2.17. The Kier molecular flexibility index (Phi) is 1.29. The van der Waals surface area contributed by atoms with Crippen LogP contribution in [0.25, 0.3) is 5.65 Å². The molecule has 0 aliphatic heterocycles. The number of rotatable bonds is 0. The first kappa shape index (κ1) is 6.54. The van der Waals surface area contributed by atoms with E-state index in [0.29, 0.717) is 11.1 Å². The van der Waals surface area contributed by atoms with E-state index in [-0.39, 0.29) is 0 Å². The lowest BCUT2D eigenvalue weighted by Gasteiger charge is -1.90. The van der Waals surface area contributed by atoms with Gasteiger partial charge in [0.05, 0.1) is 0 Å². The van der Waals surface area contributed by atoms with Gasteiger partial charge in [-0.2, -0.15) is 4.52 Å². The van der Waals surface area contributed by atoms with Crippen LogP contribution in [0.5, 0.6) is 0 Å². The number of halogens is 1. The van der Waals surface area contributed by atoms with Gasteiger partial charge in [-0.15, -0.1) is 5.10 Å². The highest BCUT2D eigenvalue weighted by molar-refractivity contribution is 6.28. The van der Waals surface area contributed by atoms with Crippen molar-refractivity contribution < 1.29 is 0 Å². The van der Waals surface area contributed by atoms with Crippen molar-refractivity contribution in [2.75, 3.05) is 0 Å². The van der Waals surface area contributed by atoms with Gasteiger partial charge in [0.1, 0.15) is 5.82 Å². The Balaban J connectivity index is 2.90. The molecular weight excluding hydrogens is 164 g/mol. The zero-order valence-corrected chi connectivity index (χ0v) is 6.58. The molecular formula is C6H5ClN4. The minimum absolute atomic E-state index is 0.336. The summed E-state index contributed by atoms with van der Waals surface area (Å²) in [5.41, 5.74) is 0.725. The van der Waals surface area contributed by atoms with E-state index >= 15 is 0 Å². The fraction of sp³-hybridized carbons (Fsp3) is 0.167. The number of hydrogen-bond acceptors (Lipinski definition) is 3. The van der Waals surface area contributed by atoms with Crippen LogP contribution in [-0.4, -0.2) is 19.6 Å². The Bertz CT molecular complexity index is 394. The SMILES string of the molecule is Cc1nc2ccnc(Cl)n2n1. The van der Waals surface area contributed by atoms with Crippen LogP contribution in [0, 0.1) is 6.92 Å². The van der Waals surface area contributed by atoms with E-state index < -0.39 is 0 Å². The van der Waals surface area contributed by atoms with Crippen molar-refractivity contribution in [1.29, 1.82) is 0 Å². The molecule has 0 amide bonds. The zero-order chi connectivity index (χ0) is 7.84.